The highest BCUT2D eigenvalue weighted by Crippen LogP contribution is 2.24. The van der Waals surface area contributed by atoms with Crippen LogP contribution in [0, 0.1) is 17.2 Å². The number of carboxylic acids is 1. The highest BCUT2D eigenvalue weighted by molar-refractivity contribution is 7.89. The first-order valence-corrected chi connectivity index (χ1v) is 7.29. The molecule has 0 saturated heterocycles. The van der Waals surface area contributed by atoms with Crippen LogP contribution in [0.1, 0.15) is 16.6 Å². The van der Waals surface area contributed by atoms with Gasteiger partial charge in [0.2, 0.25) is 10.0 Å². The van der Waals surface area contributed by atoms with Gasteiger partial charge in [0, 0.05) is 13.6 Å². The zero-order valence-corrected chi connectivity index (χ0v) is 11.5. The van der Waals surface area contributed by atoms with Crippen molar-refractivity contribution in [3.05, 3.63) is 16.3 Å². The highest BCUT2D eigenvalue weighted by atomic mass is 32.2. The van der Waals surface area contributed by atoms with Crippen molar-refractivity contribution in [1.82, 2.24) is 4.31 Å². The predicted molar refractivity (Wildman–Crippen MR) is 65.9 cm³/mol. The smallest absolute Gasteiger partial charge is 0.347 e. The van der Waals surface area contributed by atoms with Gasteiger partial charge in [0.25, 0.3) is 0 Å². The summed E-state index contributed by atoms with van der Waals surface area (Å²) in [5.74, 6) is -1.73. The average Bonchev–Trinajstić information content (AvgIpc) is 2.78. The lowest BCUT2D eigenvalue weighted by molar-refractivity contribution is 0.0698. The maximum absolute atomic E-state index is 12.1. The lowest BCUT2D eigenvalue weighted by atomic mass is 10.2. The Balaban J connectivity index is 3.11. The van der Waals surface area contributed by atoms with Crippen LogP contribution in [-0.4, -0.2) is 37.4 Å². The molecule has 1 N–H and O–H groups in total. The summed E-state index contributed by atoms with van der Waals surface area (Å²) < 4.78 is 25.3. The molecule has 0 aliphatic carbocycles. The Hall–Kier alpha value is -1.43. The topological polar surface area (TPSA) is 98.5 Å². The summed E-state index contributed by atoms with van der Waals surface area (Å²) in [6.45, 7) is 1.62. The van der Waals surface area contributed by atoms with Gasteiger partial charge in [0.15, 0.2) is 0 Å². The second-order valence-electron chi connectivity index (χ2n) is 3.73. The third kappa shape index (κ3) is 2.87. The molecule has 0 radical (unpaired) electrons. The number of thiophene rings is 1. The minimum atomic E-state index is -3.86. The van der Waals surface area contributed by atoms with E-state index in [1.807, 2.05) is 6.07 Å². The molecule has 0 aromatic carbocycles. The molecule has 1 aromatic rings. The molecule has 1 heterocycles. The molecule has 0 aliphatic heterocycles. The van der Waals surface area contributed by atoms with Gasteiger partial charge in [-0.05, 0) is 18.4 Å². The van der Waals surface area contributed by atoms with Crippen molar-refractivity contribution in [2.45, 2.75) is 11.8 Å². The Bertz CT molecular complexity index is 585. The van der Waals surface area contributed by atoms with E-state index in [9.17, 15) is 13.2 Å². The second-order valence-corrected chi connectivity index (χ2v) is 6.66. The molecule has 1 aromatic heterocycles. The van der Waals surface area contributed by atoms with E-state index < -0.39 is 21.9 Å². The number of nitriles is 1. The van der Waals surface area contributed by atoms with Crippen LogP contribution in [0.25, 0.3) is 0 Å². The lowest BCUT2D eigenvalue weighted by Crippen LogP contribution is -2.31. The second kappa shape index (κ2) is 5.48. The SMILES string of the molecule is CC(C#N)CN(C)S(=O)(=O)c1ccsc1C(=O)O. The number of rotatable bonds is 5. The lowest BCUT2D eigenvalue weighted by Gasteiger charge is -2.17. The van der Waals surface area contributed by atoms with Crippen LogP contribution < -0.4 is 0 Å². The van der Waals surface area contributed by atoms with E-state index in [0.717, 1.165) is 15.6 Å². The van der Waals surface area contributed by atoms with Crippen LogP contribution in [0.4, 0.5) is 0 Å². The predicted octanol–water partition coefficient (Wildman–Crippen LogP) is 1.23. The Morgan fingerprint density at radius 2 is 2.28 bits per heavy atom. The monoisotopic (exact) mass is 288 g/mol. The third-order valence-corrected chi connectivity index (χ3v) is 5.16. The number of carboxylic acid groups (broad SMARTS) is 1. The first-order valence-electron chi connectivity index (χ1n) is 4.97. The van der Waals surface area contributed by atoms with Crippen molar-refractivity contribution >= 4 is 27.3 Å². The highest BCUT2D eigenvalue weighted by Gasteiger charge is 2.28. The molecule has 0 aliphatic rings. The van der Waals surface area contributed by atoms with Crippen molar-refractivity contribution in [1.29, 1.82) is 5.26 Å². The molecule has 1 rings (SSSR count). The largest absolute Gasteiger partial charge is 0.477 e. The quantitative estimate of drug-likeness (QED) is 0.878. The van der Waals surface area contributed by atoms with Gasteiger partial charge in [0.05, 0.1) is 12.0 Å². The molecule has 1 atom stereocenters. The van der Waals surface area contributed by atoms with Crippen LogP contribution in [-0.2, 0) is 10.0 Å². The molecule has 0 fully saturated rings. The van der Waals surface area contributed by atoms with Crippen LogP contribution in [0.2, 0.25) is 0 Å². The van der Waals surface area contributed by atoms with E-state index >= 15 is 0 Å². The van der Waals surface area contributed by atoms with E-state index in [-0.39, 0.29) is 16.3 Å². The first kappa shape index (κ1) is 14.6. The molecular weight excluding hydrogens is 276 g/mol. The zero-order chi connectivity index (χ0) is 13.9. The average molecular weight is 288 g/mol. The minimum absolute atomic E-state index is 0.0216. The fourth-order valence-corrected chi connectivity index (χ4v) is 3.84. The first-order chi connectivity index (χ1) is 8.30. The molecule has 1 unspecified atom stereocenters. The van der Waals surface area contributed by atoms with Crippen molar-refractivity contribution in [2.24, 2.45) is 5.92 Å². The standard InChI is InChI=1S/C10H12N2O4S2/c1-7(5-11)6-12(2)18(15,16)8-3-4-17-9(8)10(13)14/h3-4,7H,6H2,1-2H3,(H,13,14). The molecule has 6 nitrogen and oxygen atoms in total. The Morgan fingerprint density at radius 3 is 2.78 bits per heavy atom. The number of aromatic carboxylic acids is 1. The normalized spacial score (nSPS) is 13.2. The fraction of sp³-hybridized carbons (Fsp3) is 0.400. The van der Waals surface area contributed by atoms with Gasteiger partial charge in [0.1, 0.15) is 9.77 Å². The molecule has 0 bridgehead atoms. The molecular formula is C10H12N2O4S2. The van der Waals surface area contributed by atoms with Crippen molar-refractivity contribution in [2.75, 3.05) is 13.6 Å². The summed E-state index contributed by atoms with van der Waals surface area (Å²) in [6.07, 6.45) is 0. The molecule has 0 saturated carbocycles. The number of hydrogen-bond donors (Lipinski definition) is 1. The summed E-state index contributed by atoms with van der Waals surface area (Å²) in [6, 6.07) is 3.19. The Kier molecular flexibility index (Phi) is 4.45. The van der Waals surface area contributed by atoms with Gasteiger partial charge in [-0.3, -0.25) is 0 Å². The molecule has 98 valence electrons. The van der Waals surface area contributed by atoms with Crippen molar-refractivity contribution < 1.29 is 18.3 Å². The fourth-order valence-electron chi connectivity index (χ4n) is 1.35. The van der Waals surface area contributed by atoms with Crippen LogP contribution in [0.3, 0.4) is 0 Å². The Morgan fingerprint density at radius 1 is 1.67 bits per heavy atom. The maximum atomic E-state index is 12.1. The Labute approximate surface area is 109 Å². The van der Waals surface area contributed by atoms with Gasteiger partial charge in [-0.15, -0.1) is 11.3 Å². The van der Waals surface area contributed by atoms with Crippen molar-refractivity contribution in [3.63, 3.8) is 0 Å². The molecule has 0 amide bonds. The van der Waals surface area contributed by atoms with Gasteiger partial charge in [-0.1, -0.05) is 0 Å². The van der Waals surface area contributed by atoms with Gasteiger partial charge < -0.3 is 5.11 Å². The molecule has 18 heavy (non-hydrogen) atoms. The van der Waals surface area contributed by atoms with E-state index in [2.05, 4.69) is 0 Å². The number of carbonyl (C=O) groups is 1. The van der Waals surface area contributed by atoms with Gasteiger partial charge in [-0.2, -0.15) is 9.57 Å². The summed E-state index contributed by atoms with van der Waals surface area (Å²) in [7, 11) is -2.54. The third-order valence-electron chi connectivity index (χ3n) is 2.26. The van der Waals surface area contributed by atoms with E-state index in [1.165, 1.54) is 18.5 Å². The number of hydrogen-bond acceptors (Lipinski definition) is 5. The zero-order valence-electron chi connectivity index (χ0n) is 9.82. The molecule has 0 spiro atoms. The van der Waals surface area contributed by atoms with E-state index in [4.69, 9.17) is 10.4 Å². The van der Waals surface area contributed by atoms with Crippen LogP contribution in [0.5, 0.6) is 0 Å². The number of sulfonamides is 1. The summed E-state index contributed by atoms with van der Waals surface area (Å²) in [4.78, 5) is 10.5. The van der Waals surface area contributed by atoms with Crippen LogP contribution >= 0.6 is 11.3 Å². The summed E-state index contributed by atoms with van der Waals surface area (Å²) in [5.41, 5.74) is 0. The summed E-state index contributed by atoms with van der Waals surface area (Å²) >= 11 is 0.856. The maximum Gasteiger partial charge on any atom is 0.347 e. The number of nitrogens with zero attached hydrogens (tertiary/aromatic N) is 2. The summed E-state index contributed by atoms with van der Waals surface area (Å²) in [5, 5.41) is 19.0. The van der Waals surface area contributed by atoms with E-state index in [1.54, 1.807) is 6.92 Å². The van der Waals surface area contributed by atoms with Crippen molar-refractivity contribution in [3.8, 4) is 6.07 Å². The van der Waals surface area contributed by atoms with Gasteiger partial charge in [-0.25, -0.2) is 13.2 Å². The molecule has 8 heteroatoms. The minimum Gasteiger partial charge on any atom is -0.477 e. The van der Waals surface area contributed by atoms with Gasteiger partial charge >= 0.3 is 5.97 Å². The van der Waals surface area contributed by atoms with E-state index in [0.29, 0.717) is 0 Å². The van der Waals surface area contributed by atoms with Crippen LogP contribution in [0.15, 0.2) is 16.3 Å².